The van der Waals surface area contributed by atoms with Crippen LogP contribution in [0.15, 0.2) is 29.3 Å². The molecular formula is C19H32N4O. The molecule has 1 aromatic rings. The molecule has 1 aromatic carbocycles. The molecule has 0 aromatic heterocycles. The van der Waals surface area contributed by atoms with Gasteiger partial charge < -0.3 is 15.4 Å². The van der Waals surface area contributed by atoms with E-state index in [0.29, 0.717) is 6.54 Å². The van der Waals surface area contributed by atoms with Gasteiger partial charge in [-0.3, -0.25) is 4.90 Å². The van der Waals surface area contributed by atoms with E-state index in [1.807, 2.05) is 0 Å². The summed E-state index contributed by atoms with van der Waals surface area (Å²) in [5.41, 5.74) is 2.62. The molecule has 24 heavy (non-hydrogen) atoms. The summed E-state index contributed by atoms with van der Waals surface area (Å²) in [4.78, 5) is 7.22. The van der Waals surface area contributed by atoms with Gasteiger partial charge in [-0.1, -0.05) is 24.3 Å². The highest BCUT2D eigenvalue weighted by Crippen LogP contribution is 2.15. The van der Waals surface area contributed by atoms with Crippen molar-refractivity contribution in [3.8, 4) is 0 Å². The topological polar surface area (TPSA) is 48.9 Å². The zero-order chi connectivity index (χ0) is 17.4. The first-order valence-electron chi connectivity index (χ1n) is 8.92. The minimum atomic E-state index is 0.0721. The third kappa shape index (κ3) is 5.49. The number of aryl methyl sites for hydroxylation is 1. The summed E-state index contributed by atoms with van der Waals surface area (Å²) in [6.45, 7) is 14.8. The highest BCUT2D eigenvalue weighted by atomic mass is 16.5. The van der Waals surface area contributed by atoms with E-state index in [0.717, 1.165) is 45.4 Å². The molecule has 0 radical (unpaired) electrons. The Bertz CT molecular complexity index is 536. The third-order valence-electron chi connectivity index (χ3n) is 4.57. The second-order valence-electron chi connectivity index (χ2n) is 6.89. The van der Waals surface area contributed by atoms with E-state index >= 15 is 0 Å². The van der Waals surface area contributed by atoms with E-state index in [9.17, 15) is 0 Å². The van der Waals surface area contributed by atoms with Crippen molar-refractivity contribution >= 4 is 5.96 Å². The minimum Gasteiger partial charge on any atom is -0.379 e. The van der Waals surface area contributed by atoms with Crippen molar-refractivity contribution in [2.24, 2.45) is 4.99 Å². The van der Waals surface area contributed by atoms with Crippen LogP contribution >= 0.6 is 0 Å². The number of guanidine groups is 1. The summed E-state index contributed by atoms with van der Waals surface area (Å²) in [6.07, 6.45) is 0. The van der Waals surface area contributed by atoms with Gasteiger partial charge in [-0.05, 0) is 38.8 Å². The van der Waals surface area contributed by atoms with Gasteiger partial charge in [0.25, 0.3) is 0 Å². The Labute approximate surface area is 146 Å². The number of morpholine rings is 1. The summed E-state index contributed by atoms with van der Waals surface area (Å²) < 4.78 is 5.46. The zero-order valence-electron chi connectivity index (χ0n) is 15.6. The molecule has 1 saturated heterocycles. The molecule has 0 unspecified atom stereocenters. The van der Waals surface area contributed by atoms with Gasteiger partial charge in [-0.15, -0.1) is 0 Å². The maximum atomic E-state index is 5.46. The van der Waals surface area contributed by atoms with Crippen molar-refractivity contribution in [2.75, 3.05) is 39.4 Å². The number of aliphatic imine (C=N–C) groups is 1. The standard InChI is InChI=1S/C19H32N4O/c1-5-20-18(21-14-17-9-7-6-8-16(17)2)22-15-19(3,4)23-10-12-24-13-11-23/h6-9H,5,10-15H2,1-4H3,(H2,20,21,22). The van der Waals surface area contributed by atoms with Crippen molar-refractivity contribution in [3.63, 3.8) is 0 Å². The lowest BCUT2D eigenvalue weighted by Gasteiger charge is -2.41. The second kappa shape index (κ2) is 9.04. The number of nitrogens with zero attached hydrogens (tertiary/aromatic N) is 2. The first-order valence-corrected chi connectivity index (χ1v) is 8.92. The number of nitrogens with one attached hydrogen (secondary N) is 2. The quantitative estimate of drug-likeness (QED) is 0.619. The number of rotatable bonds is 6. The summed E-state index contributed by atoms with van der Waals surface area (Å²) in [6, 6.07) is 8.41. The summed E-state index contributed by atoms with van der Waals surface area (Å²) in [5, 5.41) is 6.85. The summed E-state index contributed by atoms with van der Waals surface area (Å²) >= 11 is 0. The Balaban J connectivity index is 1.94. The molecule has 0 saturated carbocycles. The molecule has 0 bridgehead atoms. The predicted octanol–water partition coefficient (Wildman–Crippen LogP) is 2.16. The molecule has 0 atom stereocenters. The summed E-state index contributed by atoms with van der Waals surface area (Å²) in [5.74, 6) is 0.877. The Morgan fingerprint density at radius 3 is 2.58 bits per heavy atom. The number of ether oxygens (including phenoxy) is 1. The first-order chi connectivity index (χ1) is 11.5. The van der Waals surface area contributed by atoms with Crippen molar-refractivity contribution in [1.29, 1.82) is 0 Å². The molecule has 2 rings (SSSR count). The van der Waals surface area contributed by atoms with Crippen LogP contribution in [0.25, 0.3) is 0 Å². The van der Waals surface area contributed by atoms with Crippen LogP contribution in [0.4, 0.5) is 0 Å². The van der Waals surface area contributed by atoms with Gasteiger partial charge in [0.15, 0.2) is 5.96 Å². The average molecular weight is 332 g/mol. The fraction of sp³-hybridized carbons (Fsp3) is 0.632. The van der Waals surface area contributed by atoms with E-state index in [2.05, 4.69) is 67.5 Å². The lowest BCUT2D eigenvalue weighted by Crippen LogP contribution is -2.56. The molecule has 1 aliphatic heterocycles. The summed E-state index contributed by atoms with van der Waals surface area (Å²) in [7, 11) is 0. The average Bonchev–Trinajstić information content (AvgIpc) is 2.59. The van der Waals surface area contributed by atoms with Crippen LogP contribution in [-0.4, -0.2) is 55.8 Å². The Hall–Kier alpha value is -1.59. The SMILES string of the molecule is CCNC(=NCc1ccccc1C)NCC(C)(C)N1CCOCC1. The van der Waals surface area contributed by atoms with Gasteiger partial charge in [0, 0.05) is 31.7 Å². The van der Waals surface area contributed by atoms with Gasteiger partial charge in [-0.25, -0.2) is 4.99 Å². The van der Waals surface area contributed by atoms with Gasteiger partial charge >= 0.3 is 0 Å². The number of hydrogen-bond acceptors (Lipinski definition) is 3. The molecule has 1 heterocycles. The molecule has 1 aliphatic rings. The molecule has 0 spiro atoms. The second-order valence-corrected chi connectivity index (χ2v) is 6.89. The van der Waals surface area contributed by atoms with Crippen LogP contribution in [0, 0.1) is 6.92 Å². The highest BCUT2D eigenvalue weighted by Gasteiger charge is 2.28. The molecule has 1 fully saturated rings. The zero-order valence-corrected chi connectivity index (χ0v) is 15.6. The predicted molar refractivity (Wildman–Crippen MR) is 100 cm³/mol. The van der Waals surface area contributed by atoms with Crippen LogP contribution in [0.1, 0.15) is 31.9 Å². The molecule has 134 valence electrons. The third-order valence-corrected chi connectivity index (χ3v) is 4.57. The maximum absolute atomic E-state index is 5.46. The van der Waals surface area contributed by atoms with Crippen molar-refractivity contribution < 1.29 is 4.74 Å². The van der Waals surface area contributed by atoms with Gasteiger partial charge in [-0.2, -0.15) is 0 Å². The number of benzene rings is 1. The van der Waals surface area contributed by atoms with Crippen LogP contribution in [0.5, 0.6) is 0 Å². The lowest BCUT2D eigenvalue weighted by atomic mass is 10.0. The fourth-order valence-corrected chi connectivity index (χ4v) is 2.87. The first kappa shape index (κ1) is 18.7. The van der Waals surface area contributed by atoms with E-state index < -0.39 is 0 Å². The molecule has 5 heteroatoms. The highest BCUT2D eigenvalue weighted by molar-refractivity contribution is 5.79. The van der Waals surface area contributed by atoms with Crippen LogP contribution < -0.4 is 10.6 Å². The van der Waals surface area contributed by atoms with E-state index in [-0.39, 0.29) is 5.54 Å². The van der Waals surface area contributed by atoms with Crippen LogP contribution in [-0.2, 0) is 11.3 Å². The lowest BCUT2D eigenvalue weighted by molar-refractivity contribution is -0.00834. The van der Waals surface area contributed by atoms with E-state index in [1.54, 1.807) is 0 Å². The smallest absolute Gasteiger partial charge is 0.191 e. The van der Waals surface area contributed by atoms with Gasteiger partial charge in [0.1, 0.15) is 0 Å². The van der Waals surface area contributed by atoms with Crippen LogP contribution in [0.2, 0.25) is 0 Å². The van der Waals surface area contributed by atoms with E-state index in [4.69, 9.17) is 9.73 Å². The Morgan fingerprint density at radius 2 is 1.92 bits per heavy atom. The fourth-order valence-electron chi connectivity index (χ4n) is 2.87. The maximum Gasteiger partial charge on any atom is 0.191 e. The Kier molecular flexibility index (Phi) is 7.06. The van der Waals surface area contributed by atoms with Gasteiger partial charge in [0.05, 0.1) is 19.8 Å². The Morgan fingerprint density at radius 1 is 1.21 bits per heavy atom. The van der Waals surface area contributed by atoms with Crippen molar-refractivity contribution in [3.05, 3.63) is 35.4 Å². The molecule has 0 amide bonds. The normalized spacial score (nSPS) is 16.9. The van der Waals surface area contributed by atoms with Crippen molar-refractivity contribution in [2.45, 2.75) is 39.8 Å². The number of hydrogen-bond donors (Lipinski definition) is 2. The van der Waals surface area contributed by atoms with E-state index in [1.165, 1.54) is 11.1 Å². The molecule has 2 N–H and O–H groups in total. The van der Waals surface area contributed by atoms with Gasteiger partial charge in [0.2, 0.25) is 0 Å². The molecule has 0 aliphatic carbocycles. The monoisotopic (exact) mass is 332 g/mol. The largest absolute Gasteiger partial charge is 0.379 e. The molecular weight excluding hydrogens is 300 g/mol. The van der Waals surface area contributed by atoms with Crippen LogP contribution in [0.3, 0.4) is 0 Å². The molecule has 5 nitrogen and oxygen atoms in total. The van der Waals surface area contributed by atoms with Crippen molar-refractivity contribution in [1.82, 2.24) is 15.5 Å². The minimum absolute atomic E-state index is 0.0721.